The second kappa shape index (κ2) is 6.90. The van der Waals surface area contributed by atoms with Gasteiger partial charge in [-0.15, -0.1) is 0 Å². The first kappa shape index (κ1) is 14.3. The lowest BCUT2D eigenvalue weighted by Crippen LogP contribution is -2.13. The van der Waals surface area contributed by atoms with Crippen molar-refractivity contribution < 1.29 is 0 Å². The molecule has 112 valence electrons. The van der Waals surface area contributed by atoms with Crippen molar-refractivity contribution in [2.24, 2.45) is 0 Å². The van der Waals surface area contributed by atoms with Crippen molar-refractivity contribution >= 4 is 0 Å². The molecular weight excluding hydrogens is 258 g/mol. The van der Waals surface area contributed by atoms with Crippen LogP contribution < -0.4 is 5.32 Å². The molecule has 0 atom stereocenters. The van der Waals surface area contributed by atoms with E-state index in [1.807, 2.05) is 6.33 Å². The van der Waals surface area contributed by atoms with Gasteiger partial charge in [-0.05, 0) is 49.8 Å². The zero-order valence-corrected chi connectivity index (χ0v) is 12.9. The van der Waals surface area contributed by atoms with Crippen molar-refractivity contribution in [3.8, 4) is 0 Å². The van der Waals surface area contributed by atoms with Crippen LogP contribution in [0.3, 0.4) is 0 Å². The third-order valence-corrected chi connectivity index (χ3v) is 4.24. The van der Waals surface area contributed by atoms with Gasteiger partial charge in [0.15, 0.2) is 0 Å². The molecule has 1 heterocycles. The first-order valence-corrected chi connectivity index (χ1v) is 8.18. The molecule has 1 aromatic heterocycles. The van der Waals surface area contributed by atoms with Crippen LogP contribution in [0.1, 0.15) is 48.7 Å². The molecule has 0 amide bonds. The van der Waals surface area contributed by atoms with Gasteiger partial charge >= 0.3 is 0 Å². The fourth-order valence-corrected chi connectivity index (χ4v) is 3.04. The fourth-order valence-electron chi connectivity index (χ4n) is 3.04. The SMILES string of the molecule is CCCNCc1ccc(Cn2cnc3c2CCCC3)cc1. The molecule has 2 aromatic rings. The second-order valence-corrected chi connectivity index (χ2v) is 5.97. The van der Waals surface area contributed by atoms with Gasteiger partial charge in [-0.1, -0.05) is 31.2 Å². The topological polar surface area (TPSA) is 29.9 Å². The molecule has 0 bridgehead atoms. The third kappa shape index (κ3) is 3.53. The van der Waals surface area contributed by atoms with Crippen molar-refractivity contribution in [2.75, 3.05) is 6.54 Å². The molecular formula is C18H25N3. The lowest BCUT2D eigenvalue weighted by atomic mass is 10.0. The molecule has 3 rings (SSSR count). The van der Waals surface area contributed by atoms with Crippen LogP contribution in [-0.2, 0) is 25.9 Å². The van der Waals surface area contributed by atoms with E-state index in [4.69, 9.17) is 0 Å². The van der Waals surface area contributed by atoms with Crippen molar-refractivity contribution in [2.45, 2.75) is 52.1 Å². The highest BCUT2D eigenvalue weighted by atomic mass is 15.1. The average Bonchev–Trinajstić information content (AvgIpc) is 2.93. The number of imidazole rings is 1. The zero-order chi connectivity index (χ0) is 14.5. The predicted molar refractivity (Wildman–Crippen MR) is 86.4 cm³/mol. The number of fused-ring (bicyclic) bond motifs is 1. The van der Waals surface area contributed by atoms with Crippen molar-refractivity contribution in [1.82, 2.24) is 14.9 Å². The summed E-state index contributed by atoms with van der Waals surface area (Å²) in [6, 6.07) is 8.97. The fraction of sp³-hybridized carbons (Fsp3) is 0.500. The molecule has 1 aliphatic carbocycles. The number of benzene rings is 1. The quantitative estimate of drug-likeness (QED) is 0.824. The average molecular weight is 283 g/mol. The van der Waals surface area contributed by atoms with Gasteiger partial charge < -0.3 is 9.88 Å². The Bertz CT molecular complexity index is 569. The van der Waals surface area contributed by atoms with Gasteiger partial charge in [0.1, 0.15) is 0 Å². The van der Waals surface area contributed by atoms with E-state index < -0.39 is 0 Å². The maximum Gasteiger partial charge on any atom is 0.0954 e. The summed E-state index contributed by atoms with van der Waals surface area (Å²) < 4.78 is 2.33. The molecule has 0 spiro atoms. The predicted octanol–water partition coefficient (Wildman–Crippen LogP) is 3.31. The van der Waals surface area contributed by atoms with E-state index in [0.29, 0.717) is 0 Å². The Balaban J connectivity index is 1.64. The monoisotopic (exact) mass is 283 g/mol. The van der Waals surface area contributed by atoms with Crippen LogP contribution in [0.5, 0.6) is 0 Å². The van der Waals surface area contributed by atoms with Crippen LogP contribution in [0.2, 0.25) is 0 Å². The van der Waals surface area contributed by atoms with Crippen LogP contribution in [0.4, 0.5) is 0 Å². The molecule has 0 radical (unpaired) electrons. The highest BCUT2D eigenvalue weighted by Gasteiger charge is 2.14. The van der Waals surface area contributed by atoms with Gasteiger partial charge in [0.25, 0.3) is 0 Å². The molecule has 1 N–H and O–H groups in total. The molecule has 21 heavy (non-hydrogen) atoms. The number of hydrogen-bond donors (Lipinski definition) is 1. The van der Waals surface area contributed by atoms with Gasteiger partial charge in [-0.25, -0.2) is 4.98 Å². The van der Waals surface area contributed by atoms with E-state index in [0.717, 1.165) is 26.1 Å². The standard InChI is InChI=1S/C18H25N3/c1-2-11-19-12-15-7-9-16(10-8-15)13-21-14-20-17-5-3-4-6-18(17)21/h7-10,14,19H,2-6,11-13H2,1H3. The Morgan fingerprint density at radius 3 is 2.67 bits per heavy atom. The van der Waals surface area contributed by atoms with E-state index in [9.17, 15) is 0 Å². The molecule has 3 heteroatoms. The number of rotatable bonds is 6. The van der Waals surface area contributed by atoms with Crippen LogP contribution in [0, 0.1) is 0 Å². The van der Waals surface area contributed by atoms with Gasteiger partial charge in [0.2, 0.25) is 0 Å². The molecule has 0 saturated carbocycles. The van der Waals surface area contributed by atoms with E-state index in [-0.39, 0.29) is 0 Å². The summed E-state index contributed by atoms with van der Waals surface area (Å²) in [5.41, 5.74) is 5.50. The summed E-state index contributed by atoms with van der Waals surface area (Å²) in [6.45, 7) is 5.20. The van der Waals surface area contributed by atoms with E-state index in [1.54, 1.807) is 0 Å². The smallest absolute Gasteiger partial charge is 0.0954 e. The summed E-state index contributed by atoms with van der Waals surface area (Å²) in [7, 11) is 0. The minimum atomic E-state index is 0.949. The highest BCUT2D eigenvalue weighted by Crippen LogP contribution is 2.20. The van der Waals surface area contributed by atoms with Crippen molar-refractivity contribution in [3.05, 3.63) is 53.1 Å². The van der Waals surface area contributed by atoms with Gasteiger partial charge in [0.05, 0.1) is 12.0 Å². The summed E-state index contributed by atoms with van der Waals surface area (Å²) in [6.07, 6.45) is 8.15. The molecule has 0 unspecified atom stereocenters. The Morgan fingerprint density at radius 2 is 1.86 bits per heavy atom. The summed E-state index contributed by atoms with van der Waals surface area (Å²) >= 11 is 0. The van der Waals surface area contributed by atoms with Crippen LogP contribution in [0.25, 0.3) is 0 Å². The minimum absolute atomic E-state index is 0.949. The Kier molecular flexibility index (Phi) is 4.71. The van der Waals surface area contributed by atoms with Gasteiger partial charge in [-0.2, -0.15) is 0 Å². The van der Waals surface area contributed by atoms with E-state index >= 15 is 0 Å². The summed E-state index contributed by atoms with van der Waals surface area (Å²) in [4.78, 5) is 4.57. The lowest BCUT2D eigenvalue weighted by Gasteiger charge is -2.14. The maximum absolute atomic E-state index is 4.57. The molecule has 0 saturated heterocycles. The molecule has 1 aromatic carbocycles. The Morgan fingerprint density at radius 1 is 1.10 bits per heavy atom. The number of nitrogens with one attached hydrogen (secondary N) is 1. The van der Waals surface area contributed by atoms with E-state index in [1.165, 1.54) is 48.2 Å². The highest BCUT2D eigenvalue weighted by molar-refractivity contribution is 5.24. The minimum Gasteiger partial charge on any atom is -0.330 e. The second-order valence-electron chi connectivity index (χ2n) is 5.97. The number of hydrogen-bond acceptors (Lipinski definition) is 2. The van der Waals surface area contributed by atoms with E-state index in [2.05, 4.69) is 46.1 Å². The number of nitrogens with zero attached hydrogens (tertiary/aromatic N) is 2. The van der Waals surface area contributed by atoms with Crippen LogP contribution in [0.15, 0.2) is 30.6 Å². The van der Waals surface area contributed by atoms with Crippen molar-refractivity contribution in [1.29, 1.82) is 0 Å². The van der Waals surface area contributed by atoms with Crippen molar-refractivity contribution in [3.63, 3.8) is 0 Å². The Hall–Kier alpha value is -1.61. The van der Waals surface area contributed by atoms with Gasteiger partial charge in [-0.3, -0.25) is 0 Å². The normalized spacial score (nSPS) is 14.1. The summed E-state index contributed by atoms with van der Waals surface area (Å²) in [5.74, 6) is 0. The van der Waals surface area contributed by atoms with Crippen LogP contribution >= 0.6 is 0 Å². The first-order chi connectivity index (χ1) is 10.4. The largest absolute Gasteiger partial charge is 0.330 e. The lowest BCUT2D eigenvalue weighted by molar-refractivity contribution is 0.628. The zero-order valence-electron chi connectivity index (χ0n) is 12.9. The molecule has 1 aliphatic rings. The number of aromatic nitrogens is 2. The van der Waals surface area contributed by atoms with Gasteiger partial charge in [0, 0.05) is 18.8 Å². The molecule has 0 fully saturated rings. The first-order valence-electron chi connectivity index (χ1n) is 8.18. The molecule has 3 nitrogen and oxygen atoms in total. The summed E-state index contributed by atoms with van der Waals surface area (Å²) in [5, 5.41) is 3.44. The number of aryl methyl sites for hydroxylation is 1. The Labute approximate surface area is 127 Å². The molecule has 0 aliphatic heterocycles. The maximum atomic E-state index is 4.57. The van der Waals surface area contributed by atoms with Crippen LogP contribution in [-0.4, -0.2) is 16.1 Å². The third-order valence-electron chi connectivity index (χ3n) is 4.24.